The van der Waals surface area contributed by atoms with Gasteiger partial charge in [0, 0.05) is 23.2 Å². The van der Waals surface area contributed by atoms with Crippen molar-refractivity contribution < 1.29 is 4.79 Å². The maximum atomic E-state index is 12.4. The Hall–Kier alpha value is -0.710. The lowest BCUT2D eigenvalue weighted by Gasteiger charge is -2.19. The standard InChI is InChI=1S/C15H22N2OS.ClH/c1-2-3-6-11(9-16)17-15(18)13-10-19-14-8-5-4-7-12(13)14;/h4-5,7-8,11,13H,2-3,6,9-10,16H2,1H3,(H,17,18);1H. The van der Waals surface area contributed by atoms with E-state index in [4.69, 9.17) is 5.73 Å². The summed E-state index contributed by atoms with van der Waals surface area (Å²) in [5, 5.41) is 3.11. The van der Waals surface area contributed by atoms with E-state index in [0.717, 1.165) is 30.6 Å². The second-order valence-electron chi connectivity index (χ2n) is 4.98. The summed E-state index contributed by atoms with van der Waals surface area (Å²) in [6, 6.07) is 8.29. The molecule has 3 nitrogen and oxygen atoms in total. The molecule has 3 N–H and O–H groups in total. The first-order valence-corrected chi connectivity index (χ1v) is 7.97. The average molecular weight is 315 g/mol. The minimum atomic E-state index is -0.0168. The Morgan fingerprint density at radius 3 is 2.95 bits per heavy atom. The van der Waals surface area contributed by atoms with Gasteiger partial charge in [-0.15, -0.1) is 24.2 Å². The van der Waals surface area contributed by atoms with Gasteiger partial charge in [0.15, 0.2) is 0 Å². The van der Waals surface area contributed by atoms with Gasteiger partial charge in [0.25, 0.3) is 0 Å². The zero-order valence-corrected chi connectivity index (χ0v) is 13.4. The van der Waals surface area contributed by atoms with E-state index in [9.17, 15) is 4.79 Å². The van der Waals surface area contributed by atoms with E-state index in [1.54, 1.807) is 11.8 Å². The number of rotatable bonds is 6. The molecule has 2 rings (SSSR count). The van der Waals surface area contributed by atoms with Crippen LogP contribution in [0.25, 0.3) is 0 Å². The monoisotopic (exact) mass is 314 g/mol. The molecule has 1 aliphatic heterocycles. The molecule has 0 fully saturated rings. The predicted octanol–water partition coefficient (Wildman–Crippen LogP) is 2.93. The third kappa shape index (κ3) is 4.14. The lowest BCUT2D eigenvalue weighted by molar-refractivity contribution is -0.122. The first kappa shape index (κ1) is 17.3. The lowest BCUT2D eigenvalue weighted by Crippen LogP contribution is -2.42. The van der Waals surface area contributed by atoms with Crippen LogP contribution in [0.5, 0.6) is 0 Å². The fraction of sp³-hybridized carbons (Fsp3) is 0.533. The largest absolute Gasteiger partial charge is 0.352 e. The molecular formula is C15H23ClN2OS. The Balaban J connectivity index is 0.00000200. The smallest absolute Gasteiger partial charge is 0.228 e. The van der Waals surface area contributed by atoms with Gasteiger partial charge in [0.05, 0.1) is 5.92 Å². The van der Waals surface area contributed by atoms with Gasteiger partial charge in [-0.1, -0.05) is 38.0 Å². The SMILES string of the molecule is CCCCC(CN)NC(=O)C1CSc2ccccc21.Cl. The fourth-order valence-corrected chi connectivity index (χ4v) is 3.61. The number of hydrogen-bond donors (Lipinski definition) is 2. The summed E-state index contributed by atoms with van der Waals surface area (Å²) in [6.45, 7) is 2.67. The molecule has 1 heterocycles. The fourth-order valence-electron chi connectivity index (χ4n) is 2.38. The summed E-state index contributed by atoms with van der Waals surface area (Å²) in [4.78, 5) is 13.6. The van der Waals surface area contributed by atoms with E-state index in [2.05, 4.69) is 24.4 Å². The number of fused-ring (bicyclic) bond motifs is 1. The molecule has 1 aromatic carbocycles. The Kier molecular flexibility index (Phi) is 7.41. The maximum Gasteiger partial charge on any atom is 0.228 e. The number of nitrogens with one attached hydrogen (secondary N) is 1. The molecule has 0 spiro atoms. The van der Waals surface area contributed by atoms with E-state index in [0.29, 0.717) is 6.54 Å². The normalized spacial score (nSPS) is 18.0. The van der Waals surface area contributed by atoms with Crippen LogP contribution in [-0.2, 0) is 4.79 Å². The molecule has 2 atom stereocenters. The van der Waals surface area contributed by atoms with Crippen LogP contribution in [0.3, 0.4) is 0 Å². The van der Waals surface area contributed by atoms with Gasteiger partial charge in [-0.2, -0.15) is 0 Å². The summed E-state index contributed by atoms with van der Waals surface area (Å²) < 4.78 is 0. The molecule has 0 aromatic heterocycles. The molecule has 112 valence electrons. The van der Waals surface area contributed by atoms with Crippen LogP contribution >= 0.6 is 24.2 Å². The molecule has 2 unspecified atom stereocenters. The van der Waals surface area contributed by atoms with Crippen molar-refractivity contribution in [3.8, 4) is 0 Å². The van der Waals surface area contributed by atoms with E-state index in [1.165, 1.54) is 4.90 Å². The van der Waals surface area contributed by atoms with Crippen molar-refractivity contribution in [2.24, 2.45) is 5.73 Å². The second kappa shape index (κ2) is 8.55. The second-order valence-corrected chi connectivity index (χ2v) is 6.05. The Bertz CT molecular complexity index is 442. The average Bonchev–Trinajstić information content (AvgIpc) is 2.87. The topological polar surface area (TPSA) is 55.1 Å². The summed E-state index contributed by atoms with van der Waals surface area (Å²) in [5.41, 5.74) is 6.90. The highest BCUT2D eigenvalue weighted by Gasteiger charge is 2.29. The predicted molar refractivity (Wildman–Crippen MR) is 87.7 cm³/mol. The van der Waals surface area contributed by atoms with Crippen molar-refractivity contribution in [1.82, 2.24) is 5.32 Å². The number of hydrogen-bond acceptors (Lipinski definition) is 3. The van der Waals surface area contributed by atoms with Crippen molar-refractivity contribution in [3.63, 3.8) is 0 Å². The molecule has 0 saturated heterocycles. The first-order chi connectivity index (χ1) is 9.26. The zero-order chi connectivity index (χ0) is 13.7. The van der Waals surface area contributed by atoms with Gasteiger partial charge >= 0.3 is 0 Å². The van der Waals surface area contributed by atoms with Crippen molar-refractivity contribution in [2.45, 2.75) is 43.0 Å². The summed E-state index contributed by atoms with van der Waals surface area (Å²) in [7, 11) is 0. The number of unbranched alkanes of at least 4 members (excludes halogenated alkanes) is 1. The van der Waals surface area contributed by atoms with Gasteiger partial charge in [0.2, 0.25) is 5.91 Å². The van der Waals surface area contributed by atoms with Gasteiger partial charge in [-0.05, 0) is 18.1 Å². The lowest BCUT2D eigenvalue weighted by atomic mass is 9.99. The van der Waals surface area contributed by atoms with Gasteiger partial charge in [-0.25, -0.2) is 0 Å². The minimum absolute atomic E-state index is 0. The van der Waals surface area contributed by atoms with Gasteiger partial charge < -0.3 is 11.1 Å². The van der Waals surface area contributed by atoms with Crippen LogP contribution in [0.2, 0.25) is 0 Å². The molecule has 0 radical (unpaired) electrons. The number of benzene rings is 1. The van der Waals surface area contributed by atoms with Crippen LogP contribution in [0.15, 0.2) is 29.2 Å². The Morgan fingerprint density at radius 2 is 2.25 bits per heavy atom. The number of amides is 1. The molecule has 5 heteroatoms. The van der Waals surface area contributed by atoms with Crippen molar-refractivity contribution >= 4 is 30.1 Å². The van der Waals surface area contributed by atoms with E-state index >= 15 is 0 Å². The minimum Gasteiger partial charge on any atom is -0.352 e. The van der Waals surface area contributed by atoms with Crippen molar-refractivity contribution in [1.29, 1.82) is 0 Å². The van der Waals surface area contributed by atoms with Crippen molar-refractivity contribution in [2.75, 3.05) is 12.3 Å². The summed E-state index contributed by atoms with van der Waals surface area (Å²) in [5.74, 6) is 0.955. The van der Waals surface area contributed by atoms with E-state index in [1.807, 2.05) is 12.1 Å². The number of nitrogens with two attached hydrogens (primary N) is 1. The quantitative estimate of drug-likeness (QED) is 0.849. The van der Waals surface area contributed by atoms with Crippen LogP contribution < -0.4 is 11.1 Å². The van der Waals surface area contributed by atoms with E-state index < -0.39 is 0 Å². The molecular weight excluding hydrogens is 292 g/mol. The summed E-state index contributed by atoms with van der Waals surface area (Å²) in [6.07, 6.45) is 3.22. The number of thioether (sulfide) groups is 1. The number of halogens is 1. The molecule has 20 heavy (non-hydrogen) atoms. The molecule has 1 aromatic rings. The van der Waals surface area contributed by atoms with Crippen LogP contribution in [0, 0.1) is 0 Å². The van der Waals surface area contributed by atoms with E-state index in [-0.39, 0.29) is 30.3 Å². The van der Waals surface area contributed by atoms with Crippen LogP contribution in [-0.4, -0.2) is 24.2 Å². The first-order valence-electron chi connectivity index (χ1n) is 6.98. The van der Waals surface area contributed by atoms with Crippen LogP contribution in [0.4, 0.5) is 0 Å². The molecule has 0 saturated carbocycles. The third-order valence-electron chi connectivity index (χ3n) is 3.55. The Labute approximate surface area is 131 Å². The van der Waals surface area contributed by atoms with Crippen LogP contribution in [0.1, 0.15) is 37.7 Å². The maximum absolute atomic E-state index is 12.4. The highest BCUT2D eigenvalue weighted by molar-refractivity contribution is 7.99. The number of carbonyl (C=O) groups is 1. The molecule has 0 aliphatic carbocycles. The Morgan fingerprint density at radius 1 is 1.50 bits per heavy atom. The molecule has 0 bridgehead atoms. The molecule has 1 aliphatic rings. The molecule has 1 amide bonds. The van der Waals surface area contributed by atoms with Gasteiger partial charge in [0.1, 0.15) is 0 Å². The third-order valence-corrected chi connectivity index (χ3v) is 4.74. The van der Waals surface area contributed by atoms with Crippen molar-refractivity contribution in [3.05, 3.63) is 29.8 Å². The van der Waals surface area contributed by atoms with Gasteiger partial charge in [-0.3, -0.25) is 4.79 Å². The highest BCUT2D eigenvalue weighted by Crippen LogP contribution is 2.39. The number of carbonyl (C=O) groups excluding carboxylic acids is 1. The summed E-state index contributed by atoms with van der Waals surface area (Å²) >= 11 is 1.76. The zero-order valence-electron chi connectivity index (χ0n) is 11.8. The highest BCUT2D eigenvalue weighted by atomic mass is 35.5.